The molecule has 0 aliphatic rings. The van der Waals surface area contributed by atoms with Gasteiger partial charge in [-0.25, -0.2) is 4.98 Å². The molecule has 0 fully saturated rings. The van der Waals surface area contributed by atoms with Crippen LogP contribution in [0, 0.1) is 0 Å². The summed E-state index contributed by atoms with van der Waals surface area (Å²) in [5.74, 6) is 0.659. The molecule has 6 nitrogen and oxygen atoms in total. The topological polar surface area (TPSA) is 86.6 Å². The smallest absolute Gasteiger partial charge is 0.224 e. The lowest BCUT2D eigenvalue weighted by atomic mass is 10.1. The molecule has 0 saturated carbocycles. The van der Waals surface area contributed by atoms with Gasteiger partial charge in [-0.2, -0.15) is 5.10 Å². The van der Waals surface area contributed by atoms with Gasteiger partial charge in [-0.05, 0) is 43.7 Å². The van der Waals surface area contributed by atoms with Crippen LogP contribution in [0.4, 0.5) is 11.5 Å². The highest BCUT2D eigenvalue weighted by molar-refractivity contribution is 6.03. The van der Waals surface area contributed by atoms with Crippen molar-refractivity contribution in [3.63, 3.8) is 0 Å². The molecule has 0 unspecified atom stereocenters. The SMILES string of the molecule is CCCC(=O)Nc1ccc(O)c(/C(C)=N/Nc2ccccn2)c1. The number of hydrazone groups is 1. The van der Waals surface area contributed by atoms with Gasteiger partial charge in [-0.15, -0.1) is 0 Å². The molecule has 0 saturated heterocycles. The Morgan fingerprint density at radius 1 is 1.30 bits per heavy atom. The van der Waals surface area contributed by atoms with E-state index < -0.39 is 0 Å². The zero-order valence-corrected chi connectivity index (χ0v) is 13.2. The maximum Gasteiger partial charge on any atom is 0.224 e. The van der Waals surface area contributed by atoms with Crippen molar-refractivity contribution < 1.29 is 9.90 Å². The van der Waals surface area contributed by atoms with Crippen molar-refractivity contribution in [3.05, 3.63) is 48.2 Å². The first-order valence-corrected chi connectivity index (χ1v) is 7.44. The third kappa shape index (κ3) is 4.81. The van der Waals surface area contributed by atoms with Crippen LogP contribution in [0.2, 0.25) is 0 Å². The van der Waals surface area contributed by atoms with Crippen LogP contribution in [0.1, 0.15) is 32.3 Å². The number of rotatable bonds is 6. The number of hydrogen-bond acceptors (Lipinski definition) is 5. The van der Waals surface area contributed by atoms with Crippen LogP contribution >= 0.6 is 0 Å². The molecule has 1 heterocycles. The number of anilines is 2. The number of pyridine rings is 1. The summed E-state index contributed by atoms with van der Waals surface area (Å²) >= 11 is 0. The number of phenols is 1. The van der Waals surface area contributed by atoms with Gasteiger partial charge in [0.15, 0.2) is 0 Å². The molecular formula is C17H20N4O2. The average Bonchev–Trinajstić information content (AvgIpc) is 2.55. The Balaban J connectivity index is 2.15. The number of nitrogens with one attached hydrogen (secondary N) is 2. The summed E-state index contributed by atoms with van der Waals surface area (Å²) in [6.45, 7) is 3.71. The Bertz CT molecular complexity index is 699. The normalized spacial score (nSPS) is 11.1. The van der Waals surface area contributed by atoms with Gasteiger partial charge in [-0.1, -0.05) is 13.0 Å². The Hall–Kier alpha value is -2.89. The van der Waals surface area contributed by atoms with E-state index in [0.29, 0.717) is 29.2 Å². The lowest BCUT2D eigenvalue weighted by Gasteiger charge is -2.09. The van der Waals surface area contributed by atoms with E-state index in [1.807, 2.05) is 19.1 Å². The fourth-order valence-corrected chi connectivity index (χ4v) is 1.98. The number of amides is 1. The maximum atomic E-state index is 11.7. The van der Waals surface area contributed by atoms with E-state index in [1.165, 1.54) is 6.07 Å². The highest BCUT2D eigenvalue weighted by Gasteiger charge is 2.08. The Morgan fingerprint density at radius 2 is 2.13 bits per heavy atom. The molecule has 2 rings (SSSR count). The molecule has 120 valence electrons. The number of aromatic hydroxyl groups is 1. The van der Waals surface area contributed by atoms with Gasteiger partial charge in [0, 0.05) is 23.9 Å². The molecule has 0 aliphatic carbocycles. The first kappa shape index (κ1) is 16.5. The third-order valence-corrected chi connectivity index (χ3v) is 3.15. The van der Waals surface area contributed by atoms with Crippen molar-refractivity contribution in [1.82, 2.24) is 4.98 Å². The van der Waals surface area contributed by atoms with Crippen LogP contribution in [0.3, 0.4) is 0 Å². The predicted molar refractivity (Wildman–Crippen MR) is 91.7 cm³/mol. The van der Waals surface area contributed by atoms with Crippen LogP contribution in [-0.2, 0) is 4.79 Å². The van der Waals surface area contributed by atoms with E-state index in [0.717, 1.165) is 6.42 Å². The summed E-state index contributed by atoms with van der Waals surface area (Å²) in [6.07, 6.45) is 2.91. The quantitative estimate of drug-likeness (QED) is 0.433. The Labute approximate surface area is 135 Å². The number of hydrogen-bond donors (Lipinski definition) is 3. The Kier molecular flexibility index (Phi) is 5.68. The molecule has 1 aromatic heterocycles. The third-order valence-electron chi connectivity index (χ3n) is 3.15. The van der Waals surface area contributed by atoms with Crippen molar-refractivity contribution in [2.24, 2.45) is 5.10 Å². The van der Waals surface area contributed by atoms with Crippen LogP contribution in [-0.4, -0.2) is 21.7 Å². The summed E-state index contributed by atoms with van der Waals surface area (Å²) in [5.41, 5.74) is 4.58. The number of phenolic OH excluding ortho intramolecular Hbond substituents is 1. The molecule has 6 heteroatoms. The number of carbonyl (C=O) groups excluding carboxylic acids is 1. The fourth-order valence-electron chi connectivity index (χ4n) is 1.98. The van der Waals surface area contributed by atoms with Gasteiger partial charge in [-0.3, -0.25) is 10.2 Å². The minimum atomic E-state index is -0.0506. The molecule has 0 spiro atoms. The van der Waals surface area contributed by atoms with Gasteiger partial charge < -0.3 is 10.4 Å². The molecule has 0 aliphatic heterocycles. The summed E-state index contributed by atoms with van der Waals surface area (Å²) in [4.78, 5) is 15.8. The molecule has 1 aromatic carbocycles. The molecule has 0 bridgehead atoms. The summed E-state index contributed by atoms with van der Waals surface area (Å²) in [7, 11) is 0. The molecule has 23 heavy (non-hydrogen) atoms. The molecule has 3 N–H and O–H groups in total. The van der Waals surface area contributed by atoms with Crippen molar-refractivity contribution in [2.75, 3.05) is 10.7 Å². The second-order valence-corrected chi connectivity index (χ2v) is 5.05. The number of aromatic nitrogens is 1. The van der Waals surface area contributed by atoms with Crippen molar-refractivity contribution >= 4 is 23.1 Å². The minimum absolute atomic E-state index is 0.0506. The summed E-state index contributed by atoms with van der Waals surface area (Å²) in [6, 6.07) is 10.3. The number of carbonyl (C=O) groups is 1. The summed E-state index contributed by atoms with van der Waals surface area (Å²) < 4.78 is 0. The second-order valence-electron chi connectivity index (χ2n) is 5.05. The molecule has 2 aromatic rings. The first-order valence-electron chi connectivity index (χ1n) is 7.44. The standard InChI is InChI=1S/C17H20N4O2/c1-3-6-17(23)19-13-8-9-15(22)14(11-13)12(2)20-21-16-7-4-5-10-18-16/h4-5,7-11,22H,3,6H2,1-2H3,(H,18,21)(H,19,23)/b20-12+. The molecule has 0 atom stereocenters. The lowest BCUT2D eigenvalue weighted by molar-refractivity contribution is -0.116. The van der Waals surface area contributed by atoms with Crippen LogP contribution in [0.15, 0.2) is 47.7 Å². The van der Waals surface area contributed by atoms with Crippen molar-refractivity contribution in [3.8, 4) is 5.75 Å². The second kappa shape index (κ2) is 7.93. The van der Waals surface area contributed by atoms with E-state index in [2.05, 4.69) is 20.8 Å². The van der Waals surface area contributed by atoms with Crippen molar-refractivity contribution in [2.45, 2.75) is 26.7 Å². The number of nitrogens with zero attached hydrogens (tertiary/aromatic N) is 2. The number of benzene rings is 1. The predicted octanol–water partition coefficient (Wildman–Crippen LogP) is 3.36. The van der Waals surface area contributed by atoms with E-state index in [4.69, 9.17) is 0 Å². The van der Waals surface area contributed by atoms with Crippen LogP contribution in [0.5, 0.6) is 5.75 Å². The average molecular weight is 312 g/mol. The van der Waals surface area contributed by atoms with E-state index in [9.17, 15) is 9.90 Å². The lowest BCUT2D eigenvalue weighted by Crippen LogP contribution is -2.11. The summed E-state index contributed by atoms with van der Waals surface area (Å²) in [5, 5.41) is 17.0. The highest BCUT2D eigenvalue weighted by atomic mass is 16.3. The van der Waals surface area contributed by atoms with E-state index >= 15 is 0 Å². The van der Waals surface area contributed by atoms with Gasteiger partial charge in [0.2, 0.25) is 5.91 Å². The van der Waals surface area contributed by atoms with Gasteiger partial charge in [0.1, 0.15) is 11.6 Å². The molecule has 1 amide bonds. The van der Waals surface area contributed by atoms with Crippen molar-refractivity contribution in [1.29, 1.82) is 0 Å². The van der Waals surface area contributed by atoms with Gasteiger partial charge in [0.25, 0.3) is 0 Å². The molecular weight excluding hydrogens is 292 g/mol. The highest BCUT2D eigenvalue weighted by Crippen LogP contribution is 2.22. The maximum absolute atomic E-state index is 11.7. The zero-order chi connectivity index (χ0) is 16.7. The monoisotopic (exact) mass is 312 g/mol. The van der Waals surface area contributed by atoms with Gasteiger partial charge >= 0.3 is 0 Å². The van der Waals surface area contributed by atoms with Crippen LogP contribution < -0.4 is 10.7 Å². The minimum Gasteiger partial charge on any atom is -0.507 e. The fraction of sp³-hybridized carbons (Fsp3) is 0.235. The van der Waals surface area contributed by atoms with E-state index in [-0.39, 0.29) is 11.7 Å². The van der Waals surface area contributed by atoms with E-state index in [1.54, 1.807) is 31.3 Å². The largest absolute Gasteiger partial charge is 0.507 e. The molecule has 0 radical (unpaired) electrons. The van der Waals surface area contributed by atoms with Gasteiger partial charge in [0.05, 0.1) is 5.71 Å². The Morgan fingerprint density at radius 3 is 2.83 bits per heavy atom. The first-order chi connectivity index (χ1) is 11.1. The van der Waals surface area contributed by atoms with Crippen LogP contribution in [0.25, 0.3) is 0 Å². The zero-order valence-electron chi connectivity index (χ0n) is 13.2.